The topological polar surface area (TPSA) is 68.3 Å². The van der Waals surface area contributed by atoms with Crippen LogP contribution in [0.15, 0.2) is 48.7 Å². The van der Waals surface area contributed by atoms with Gasteiger partial charge in [0, 0.05) is 22.7 Å². The second kappa shape index (κ2) is 5.71. The SMILES string of the molecule is CCc1cccc2c(/C=C(\C#N)c3nc4ccccc4[nH]3)c[nH]c12. The van der Waals surface area contributed by atoms with Gasteiger partial charge in [-0.2, -0.15) is 5.26 Å². The number of hydrogen-bond acceptors (Lipinski definition) is 2. The lowest BCUT2D eigenvalue weighted by Crippen LogP contribution is -1.85. The lowest BCUT2D eigenvalue weighted by molar-refractivity contribution is 1.15. The molecule has 0 spiro atoms. The van der Waals surface area contributed by atoms with Crippen LogP contribution in [-0.4, -0.2) is 15.0 Å². The van der Waals surface area contributed by atoms with E-state index in [0.29, 0.717) is 11.4 Å². The molecule has 0 saturated carbocycles. The van der Waals surface area contributed by atoms with Gasteiger partial charge in [-0.05, 0) is 30.2 Å². The van der Waals surface area contributed by atoms with Crippen LogP contribution in [-0.2, 0) is 6.42 Å². The van der Waals surface area contributed by atoms with Crippen molar-refractivity contribution >= 4 is 33.6 Å². The highest BCUT2D eigenvalue weighted by molar-refractivity contribution is 5.98. The molecule has 116 valence electrons. The molecule has 4 rings (SSSR count). The van der Waals surface area contributed by atoms with Crippen molar-refractivity contribution in [3.05, 3.63) is 65.6 Å². The zero-order valence-corrected chi connectivity index (χ0v) is 13.3. The number of H-pyrrole nitrogens is 2. The molecular weight excluding hydrogens is 296 g/mol. The predicted octanol–water partition coefficient (Wildman–Crippen LogP) is 4.67. The van der Waals surface area contributed by atoms with E-state index < -0.39 is 0 Å². The lowest BCUT2D eigenvalue weighted by atomic mass is 10.1. The molecule has 0 bridgehead atoms. The Kier molecular flexibility index (Phi) is 3.40. The Morgan fingerprint density at radius 2 is 2.08 bits per heavy atom. The molecule has 0 aliphatic heterocycles. The van der Waals surface area contributed by atoms with Gasteiger partial charge in [0.05, 0.1) is 16.6 Å². The van der Waals surface area contributed by atoms with Crippen molar-refractivity contribution in [3.8, 4) is 6.07 Å². The summed E-state index contributed by atoms with van der Waals surface area (Å²) in [5.74, 6) is 0.597. The fourth-order valence-corrected chi connectivity index (χ4v) is 3.04. The molecule has 4 heteroatoms. The van der Waals surface area contributed by atoms with Crippen LogP contribution in [0.5, 0.6) is 0 Å². The number of nitriles is 1. The Morgan fingerprint density at radius 3 is 2.88 bits per heavy atom. The summed E-state index contributed by atoms with van der Waals surface area (Å²) in [5.41, 5.74) is 5.72. The van der Waals surface area contributed by atoms with Crippen LogP contribution in [0.3, 0.4) is 0 Å². The standard InChI is InChI=1S/C20H16N4/c1-2-13-6-5-7-16-15(12-22-19(13)16)10-14(11-21)20-23-17-8-3-4-9-18(17)24-20/h3-10,12,22H,2H2,1H3,(H,23,24)/b14-10+. The van der Waals surface area contributed by atoms with E-state index in [1.807, 2.05) is 36.5 Å². The highest BCUT2D eigenvalue weighted by Gasteiger charge is 2.10. The number of aromatic amines is 2. The van der Waals surface area contributed by atoms with Crippen LogP contribution in [0, 0.1) is 11.3 Å². The Labute approximate surface area is 139 Å². The van der Waals surface area contributed by atoms with Gasteiger partial charge in [-0.1, -0.05) is 37.3 Å². The first-order valence-corrected chi connectivity index (χ1v) is 7.96. The summed E-state index contributed by atoms with van der Waals surface area (Å²) in [6.07, 6.45) is 4.80. The highest BCUT2D eigenvalue weighted by Crippen LogP contribution is 2.26. The number of fused-ring (bicyclic) bond motifs is 2. The van der Waals surface area contributed by atoms with Gasteiger partial charge in [0.25, 0.3) is 0 Å². The zero-order chi connectivity index (χ0) is 16.5. The Bertz CT molecular complexity index is 1070. The van der Waals surface area contributed by atoms with Gasteiger partial charge >= 0.3 is 0 Å². The van der Waals surface area contributed by atoms with Crippen molar-refractivity contribution < 1.29 is 0 Å². The molecule has 0 fully saturated rings. The fraction of sp³-hybridized carbons (Fsp3) is 0.100. The third-order valence-corrected chi connectivity index (χ3v) is 4.28. The number of aromatic nitrogens is 3. The molecule has 2 aromatic carbocycles. The maximum Gasteiger partial charge on any atom is 0.149 e. The van der Waals surface area contributed by atoms with E-state index in [1.54, 1.807) is 0 Å². The Hall–Kier alpha value is -3.32. The predicted molar refractivity (Wildman–Crippen MR) is 97.3 cm³/mol. The molecule has 0 radical (unpaired) electrons. The summed E-state index contributed by atoms with van der Waals surface area (Å²) < 4.78 is 0. The van der Waals surface area contributed by atoms with E-state index in [2.05, 4.69) is 46.1 Å². The van der Waals surface area contributed by atoms with Crippen LogP contribution in [0.1, 0.15) is 23.9 Å². The van der Waals surface area contributed by atoms with Crippen molar-refractivity contribution in [2.45, 2.75) is 13.3 Å². The van der Waals surface area contributed by atoms with Crippen LogP contribution in [0.25, 0.3) is 33.6 Å². The first-order valence-electron chi connectivity index (χ1n) is 7.96. The first-order chi connectivity index (χ1) is 11.8. The molecule has 2 N–H and O–H groups in total. The summed E-state index contributed by atoms with van der Waals surface area (Å²) >= 11 is 0. The van der Waals surface area contributed by atoms with Gasteiger partial charge < -0.3 is 9.97 Å². The number of imidazole rings is 1. The second-order valence-electron chi connectivity index (χ2n) is 5.71. The van der Waals surface area contributed by atoms with Crippen LogP contribution >= 0.6 is 0 Å². The minimum atomic E-state index is 0.522. The number of benzene rings is 2. The molecule has 2 heterocycles. The van der Waals surface area contributed by atoms with Crippen molar-refractivity contribution in [3.63, 3.8) is 0 Å². The van der Waals surface area contributed by atoms with Gasteiger partial charge in [0.1, 0.15) is 11.9 Å². The quantitative estimate of drug-likeness (QED) is 0.540. The molecule has 24 heavy (non-hydrogen) atoms. The van der Waals surface area contributed by atoms with Crippen LogP contribution in [0.2, 0.25) is 0 Å². The van der Waals surface area contributed by atoms with Gasteiger partial charge in [-0.15, -0.1) is 0 Å². The van der Waals surface area contributed by atoms with Crippen molar-refractivity contribution in [2.75, 3.05) is 0 Å². The molecule has 0 amide bonds. The number of allylic oxidation sites excluding steroid dienone is 1. The summed E-state index contributed by atoms with van der Waals surface area (Å²) in [6, 6.07) is 16.3. The minimum Gasteiger partial charge on any atom is -0.360 e. The number of nitrogens with zero attached hydrogens (tertiary/aromatic N) is 2. The molecule has 2 aromatic heterocycles. The highest BCUT2D eigenvalue weighted by atomic mass is 14.9. The summed E-state index contributed by atoms with van der Waals surface area (Å²) in [6.45, 7) is 2.14. The monoisotopic (exact) mass is 312 g/mol. The third-order valence-electron chi connectivity index (χ3n) is 4.28. The Balaban J connectivity index is 1.85. The van der Waals surface area contributed by atoms with Gasteiger partial charge in [-0.3, -0.25) is 0 Å². The number of hydrogen-bond donors (Lipinski definition) is 2. The van der Waals surface area contributed by atoms with Gasteiger partial charge in [0.15, 0.2) is 0 Å². The molecule has 0 aliphatic rings. The summed E-state index contributed by atoms with van der Waals surface area (Å²) in [5, 5.41) is 10.7. The zero-order valence-electron chi connectivity index (χ0n) is 13.3. The third kappa shape index (κ3) is 2.27. The molecule has 4 aromatic rings. The normalized spacial score (nSPS) is 11.9. The van der Waals surface area contributed by atoms with E-state index >= 15 is 0 Å². The fourth-order valence-electron chi connectivity index (χ4n) is 3.04. The van der Waals surface area contributed by atoms with Crippen LogP contribution in [0.4, 0.5) is 0 Å². The maximum atomic E-state index is 9.59. The molecule has 0 atom stereocenters. The van der Waals surface area contributed by atoms with Crippen LogP contribution < -0.4 is 0 Å². The van der Waals surface area contributed by atoms with E-state index in [9.17, 15) is 5.26 Å². The van der Waals surface area contributed by atoms with Crippen molar-refractivity contribution in [1.82, 2.24) is 15.0 Å². The number of para-hydroxylation sites is 3. The average Bonchev–Trinajstić information content (AvgIpc) is 3.23. The van der Waals surface area contributed by atoms with Crippen molar-refractivity contribution in [2.24, 2.45) is 0 Å². The first kappa shape index (κ1) is 14.3. The lowest BCUT2D eigenvalue weighted by Gasteiger charge is -1.99. The smallest absolute Gasteiger partial charge is 0.149 e. The maximum absolute atomic E-state index is 9.59. The largest absolute Gasteiger partial charge is 0.360 e. The number of rotatable bonds is 3. The second-order valence-corrected chi connectivity index (χ2v) is 5.71. The van der Waals surface area contributed by atoms with E-state index in [0.717, 1.165) is 33.9 Å². The van der Waals surface area contributed by atoms with Gasteiger partial charge in [-0.25, -0.2) is 4.98 Å². The minimum absolute atomic E-state index is 0.522. The van der Waals surface area contributed by atoms with E-state index in [-0.39, 0.29) is 0 Å². The molecule has 0 unspecified atom stereocenters. The number of nitrogens with one attached hydrogen (secondary N) is 2. The van der Waals surface area contributed by atoms with Gasteiger partial charge in [0.2, 0.25) is 0 Å². The Morgan fingerprint density at radius 1 is 1.21 bits per heavy atom. The van der Waals surface area contributed by atoms with E-state index in [1.165, 1.54) is 5.56 Å². The molecule has 0 saturated heterocycles. The number of aryl methyl sites for hydroxylation is 1. The average molecular weight is 312 g/mol. The summed E-state index contributed by atoms with van der Waals surface area (Å²) in [7, 11) is 0. The van der Waals surface area contributed by atoms with E-state index in [4.69, 9.17) is 0 Å². The molecule has 0 aliphatic carbocycles. The summed E-state index contributed by atoms with van der Waals surface area (Å²) in [4.78, 5) is 11.1. The molecule has 4 nitrogen and oxygen atoms in total. The molecular formula is C20H16N4. The van der Waals surface area contributed by atoms with Crippen molar-refractivity contribution in [1.29, 1.82) is 5.26 Å².